The van der Waals surface area contributed by atoms with Gasteiger partial charge in [-0.3, -0.25) is 0 Å². The first kappa shape index (κ1) is 15.7. The maximum atomic E-state index is 11.9. The molecule has 5 aliphatic carbocycles. The van der Waals surface area contributed by atoms with E-state index in [0.717, 1.165) is 36.3 Å². The molecule has 3 heteroatoms. The summed E-state index contributed by atoms with van der Waals surface area (Å²) in [6.07, 6.45) is 17.0. The highest BCUT2D eigenvalue weighted by Gasteiger charge is 2.67. The van der Waals surface area contributed by atoms with Crippen LogP contribution in [-0.2, 0) is 9.53 Å². The van der Waals surface area contributed by atoms with Crippen molar-refractivity contribution in [2.75, 3.05) is 0 Å². The van der Waals surface area contributed by atoms with Gasteiger partial charge in [0.1, 0.15) is 5.60 Å². The zero-order valence-electron chi connectivity index (χ0n) is 15.7. The topological polar surface area (TPSA) is 50.2 Å². The van der Waals surface area contributed by atoms with Crippen LogP contribution in [0, 0.1) is 39.9 Å². The Labute approximate surface area is 155 Å². The molecule has 138 valence electrons. The molecule has 6 atom stereocenters. The first-order chi connectivity index (χ1) is 12.5. The first-order valence-electron chi connectivity index (χ1n) is 10.7. The molecule has 0 saturated heterocycles. The molecule has 3 nitrogen and oxygen atoms in total. The summed E-state index contributed by atoms with van der Waals surface area (Å²) in [4.78, 5) is 11.9. The van der Waals surface area contributed by atoms with E-state index in [0.29, 0.717) is 11.3 Å². The molecular formula is C23H29NO2. The molecule has 2 spiro atoms. The molecule has 6 rings (SSSR count). The molecule has 1 N–H and O–H groups in total. The molecule has 3 unspecified atom stereocenters. The maximum Gasteiger partial charge on any atom is 0.331 e. The van der Waals surface area contributed by atoms with Gasteiger partial charge in [0.15, 0.2) is 0 Å². The summed E-state index contributed by atoms with van der Waals surface area (Å²) in [5, 5.41) is 8.19. The lowest BCUT2D eigenvalue weighted by Crippen LogP contribution is -2.53. The highest BCUT2D eigenvalue weighted by molar-refractivity contribution is 5.94. The molecule has 0 bridgehead atoms. The minimum atomic E-state index is -0.318. The van der Waals surface area contributed by atoms with Gasteiger partial charge in [0.25, 0.3) is 0 Å². The molecule has 4 fully saturated rings. The monoisotopic (exact) mass is 351 g/mol. The number of esters is 1. The van der Waals surface area contributed by atoms with Crippen molar-refractivity contribution in [3.05, 3.63) is 23.8 Å². The van der Waals surface area contributed by atoms with E-state index in [1.165, 1.54) is 44.9 Å². The lowest BCUT2D eigenvalue weighted by molar-refractivity contribution is -0.161. The number of allylic oxidation sites excluding steroid dienone is 2. The van der Waals surface area contributed by atoms with Crippen LogP contribution >= 0.6 is 0 Å². The van der Waals surface area contributed by atoms with Gasteiger partial charge in [-0.25, -0.2) is 4.79 Å². The first-order valence-corrected chi connectivity index (χ1v) is 10.7. The number of hydrogen-bond donors (Lipinski definition) is 1. The van der Waals surface area contributed by atoms with Crippen molar-refractivity contribution < 1.29 is 9.53 Å². The van der Waals surface area contributed by atoms with Gasteiger partial charge in [-0.15, -0.1) is 0 Å². The Morgan fingerprint density at radius 1 is 1.12 bits per heavy atom. The predicted octanol–water partition coefficient (Wildman–Crippen LogP) is 4.82. The Kier molecular flexibility index (Phi) is 2.84. The van der Waals surface area contributed by atoms with Crippen LogP contribution in [0.5, 0.6) is 0 Å². The van der Waals surface area contributed by atoms with Crippen LogP contribution in [0.25, 0.3) is 0 Å². The van der Waals surface area contributed by atoms with Gasteiger partial charge < -0.3 is 10.1 Å². The van der Waals surface area contributed by atoms with Gasteiger partial charge in [-0.1, -0.05) is 12.5 Å². The van der Waals surface area contributed by atoms with Crippen molar-refractivity contribution in [2.24, 2.45) is 34.5 Å². The van der Waals surface area contributed by atoms with Crippen LogP contribution in [-0.4, -0.2) is 17.3 Å². The summed E-state index contributed by atoms with van der Waals surface area (Å²) in [6.45, 7) is 2.42. The fourth-order valence-corrected chi connectivity index (χ4v) is 8.07. The third-order valence-corrected chi connectivity index (χ3v) is 9.51. The summed E-state index contributed by atoms with van der Waals surface area (Å²) in [7, 11) is 0. The van der Waals surface area contributed by atoms with Crippen LogP contribution in [0.3, 0.4) is 0 Å². The van der Waals surface area contributed by atoms with E-state index in [-0.39, 0.29) is 17.0 Å². The van der Waals surface area contributed by atoms with Gasteiger partial charge in [0.05, 0.1) is 0 Å². The molecule has 0 amide bonds. The number of nitrogens with one attached hydrogen (secondary N) is 1. The zero-order chi connectivity index (χ0) is 17.7. The SMILES string of the molecule is C[C@]12CCC3C(CC4(CC4)C4=CC(=N)CC[C@@H]43)C1CC[C@@]21C=CC(=O)O1. The number of ether oxygens (including phenoxy) is 1. The largest absolute Gasteiger partial charge is 0.451 e. The summed E-state index contributed by atoms with van der Waals surface area (Å²) in [5.74, 6) is 2.88. The van der Waals surface area contributed by atoms with Gasteiger partial charge in [-0.05, 0) is 99.0 Å². The van der Waals surface area contributed by atoms with Crippen molar-refractivity contribution in [1.82, 2.24) is 0 Å². The van der Waals surface area contributed by atoms with Crippen molar-refractivity contribution in [2.45, 2.75) is 70.3 Å². The molecule has 26 heavy (non-hydrogen) atoms. The number of carbonyl (C=O) groups excluding carboxylic acids is 1. The van der Waals surface area contributed by atoms with Crippen molar-refractivity contribution in [3.63, 3.8) is 0 Å². The Hall–Kier alpha value is -1.38. The fourth-order valence-electron chi connectivity index (χ4n) is 8.07. The van der Waals surface area contributed by atoms with E-state index in [2.05, 4.69) is 19.1 Å². The van der Waals surface area contributed by atoms with Crippen LogP contribution in [0.15, 0.2) is 23.8 Å². The van der Waals surface area contributed by atoms with E-state index in [1.54, 1.807) is 11.6 Å². The van der Waals surface area contributed by atoms with Crippen molar-refractivity contribution in [3.8, 4) is 0 Å². The summed E-state index contributed by atoms with van der Waals surface area (Å²) in [5.41, 5.74) is 2.77. The van der Waals surface area contributed by atoms with E-state index < -0.39 is 0 Å². The molecule has 4 saturated carbocycles. The second kappa shape index (κ2) is 4.72. The third-order valence-electron chi connectivity index (χ3n) is 9.51. The molecule has 6 aliphatic rings. The summed E-state index contributed by atoms with van der Waals surface area (Å²) < 4.78 is 5.96. The fraction of sp³-hybridized carbons (Fsp3) is 0.739. The highest BCUT2D eigenvalue weighted by Crippen LogP contribution is 2.72. The lowest BCUT2D eigenvalue weighted by Gasteiger charge is -2.57. The Balaban J connectivity index is 1.39. The van der Waals surface area contributed by atoms with Crippen LogP contribution < -0.4 is 0 Å². The Morgan fingerprint density at radius 3 is 2.69 bits per heavy atom. The zero-order valence-corrected chi connectivity index (χ0v) is 15.7. The van der Waals surface area contributed by atoms with Crippen molar-refractivity contribution >= 4 is 11.7 Å². The molecule has 0 aromatic carbocycles. The molecule has 0 aromatic heterocycles. The smallest absolute Gasteiger partial charge is 0.331 e. The lowest BCUT2D eigenvalue weighted by atomic mass is 9.48. The van der Waals surface area contributed by atoms with E-state index >= 15 is 0 Å². The predicted molar refractivity (Wildman–Crippen MR) is 99.8 cm³/mol. The molecule has 0 aromatic rings. The minimum absolute atomic E-state index is 0.121. The molecule has 1 aliphatic heterocycles. The van der Waals surface area contributed by atoms with E-state index in [9.17, 15) is 4.79 Å². The summed E-state index contributed by atoms with van der Waals surface area (Å²) in [6, 6.07) is 0. The summed E-state index contributed by atoms with van der Waals surface area (Å²) >= 11 is 0. The van der Waals surface area contributed by atoms with Crippen LogP contribution in [0.1, 0.15) is 64.7 Å². The Morgan fingerprint density at radius 2 is 1.96 bits per heavy atom. The van der Waals surface area contributed by atoms with Gasteiger partial charge >= 0.3 is 5.97 Å². The number of rotatable bonds is 0. The van der Waals surface area contributed by atoms with Crippen LogP contribution in [0.4, 0.5) is 0 Å². The maximum absolute atomic E-state index is 11.9. The standard InChI is InChI=1S/C23H29NO2/c1-21-7-4-15-16-3-2-14(24)12-19(16)22(10-11-22)13-17(15)18(21)5-8-23(21)9-6-20(25)26-23/h6,9,12,15-18,24H,2-5,7-8,10-11,13H2,1H3/t15?,16-,17?,18?,21+,23-/m1/s1. The number of carbonyl (C=O) groups is 1. The average molecular weight is 351 g/mol. The normalized spacial score (nSPS) is 50.3. The molecular weight excluding hydrogens is 322 g/mol. The minimum Gasteiger partial charge on any atom is -0.451 e. The van der Waals surface area contributed by atoms with Crippen molar-refractivity contribution in [1.29, 1.82) is 5.41 Å². The van der Waals surface area contributed by atoms with Crippen LogP contribution in [0.2, 0.25) is 0 Å². The number of fused-ring (bicyclic) bond motifs is 7. The molecule has 1 heterocycles. The average Bonchev–Trinajstić information content (AvgIpc) is 3.19. The van der Waals surface area contributed by atoms with E-state index in [1.807, 2.05) is 0 Å². The van der Waals surface area contributed by atoms with Gasteiger partial charge in [0.2, 0.25) is 0 Å². The number of hydrogen-bond acceptors (Lipinski definition) is 3. The van der Waals surface area contributed by atoms with E-state index in [4.69, 9.17) is 10.1 Å². The third kappa shape index (κ3) is 1.75. The highest BCUT2D eigenvalue weighted by atomic mass is 16.6. The van der Waals surface area contributed by atoms with Gasteiger partial charge in [-0.2, -0.15) is 0 Å². The Bertz CT molecular complexity index is 775. The second-order valence-electron chi connectivity index (χ2n) is 10.3. The van der Waals surface area contributed by atoms with Gasteiger partial charge in [0, 0.05) is 17.2 Å². The molecule has 0 radical (unpaired) electrons. The quantitative estimate of drug-likeness (QED) is 0.636. The second-order valence-corrected chi connectivity index (χ2v) is 10.3.